The summed E-state index contributed by atoms with van der Waals surface area (Å²) in [5, 5.41) is 15.0. The van der Waals surface area contributed by atoms with Gasteiger partial charge in [-0.15, -0.1) is 0 Å². The first-order valence-corrected chi connectivity index (χ1v) is 34.6. The zero-order chi connectivity index (χ0) is 65.4. The number of anilines is 9. The summed E-state index contributed by atoms with van der Waals surface area (Å²) < 4.78 is 7.83. The van der Waals surface area contributed by atoms with E-state index in [2.05, 4.69) is 353 Å². The normalized spacial score (nSPS) is 13.6. The minimum atomic E-state index is -0.252. The molecule has 4 aliphatic heterocycles. The highest BCUT2D eigenvalue weighted by molar-refractivity contribution is 7.02. The summed E-state index contributed by atoms with van der Waals surface area (Å²) in [6.07, 6.45) is 0. The Labute approximate surface area is 572 Å². The molecule has 20 rings (SSSR count). The van der Waals surface area contributed by atoms with Gasteiger partial charge in [0.05, 0.1) is 5.69 Å². The van der Waals surface area contributed by atoms with Crippen molar-refractivity contribution < 1.29 is 4.74 Å². The van der Waals surface area contributed by atoms with Gasteiger partial charge in [0.15, 0.2) is 0 Å². The van der Waals surface area contributed by atoms with E-state index in [4.69, 9.17) is 4.74 Å². The van der Waals surface area contributed by atoms with Crippen LogP contribution in [0.3, 0.4) is 0 Å². The summed E-state index contributed by atoms with van der Waals surface area (Å²) in [5.41, 5.74) is 24.3. The third-order valence-corrected chi connectivity index (χ3v) is 21.9. The Balaban J connectivity index is 0.877. The molecule has 0 fully saturated rings. The van der Waals surface area contributed by atoms with Crippen molar-refractivity contribution in [3.63, 3.8) is 0 Å². The highest BCUT2D eigenvalue weighted by Crippen LogP contribution is 2.53. The smallest absolute Gasteiger partial charge is 0.256 e. The molecule has 0 aromatic heterocycles. The number of hydrogen-bond donors (Lipinski definition) is 0. The lowest BCUT2D eigenvalue weighted by atomic mass is 9.30. The maximum Gasteiger partial charge on any atom is 0.256 e. The molecule has 4 aliphatic rings. The molecule has 0 spiro atoms. The third-order valence-electron chi connectivity index (χ3n) is 21.9. The lowest BCUT2D eigenvalue weighted by Crippen LogP contribution is -2.64. The maximum absolute atomic E-state index is 7.83. The average Bonchev–Trinajstić information content (AvgIpc) is 0.686. The van der Waals surface area contributed by atoms with E-state index >= 15 is 0 Å². The Bertz CT molecular complexity index is 5980. The van der Waals surface area contributed by atoms with E-state index in [1.54, 1.807) is 0 Å². The van der Waals surface area contributed by atoms with Crippen LogP contribution in [0.4, 0.5) is 51.2 Å². The summed E-state index contributed by atoms with van der Waals surface area (Å²) in [7, 11) is 0. The van der Waals surface area contributed by atoms with Crippen molar-refractivity contribution >= 4 is 162 Å². The Morgan fingerprint density at radius 2 is 0.633 bits per heavy atom. The Kier molecular flexibility index (Phi) is 12.1. The van der Waals surface area contributed by atoms with E-state index in [0.717, 1.165) is 56.8 Å². The van der Waals surface area contributed by atoms with Crippen LogP contribution in [-0.2, 0) is 10.8 Å². The zero-order valence-electron chi connectivity index (χ0n) is 55.7. The molecule has 0 atom stereocenters. The summed E-state index contributed by atoms with van der Waals surface area (Å²) in [4.78, 5) is 7.81. The Hall–Kier alpha value is -11.6. The highest BCUT2D eigenvalue weighted by atomic mass is 16.5. The fourth-order valence-electron chi connectivity index (χ4n) is 17.4. The van der Waals surface area contributed by atoms with Gasteiger partial charge < -0.3 is 19.4 Å². The predicted octanol–water partition coefficient (Wildman–Crippen LogP) is 21.0. The molecule has 0 bridgehead atoms. The van der Waals surface area contributed by atoms with E-state index in [0.29, 0.717) is 0 Å². The van der Waals surface area contributed by atoms with Crippen molar-refractivity contribution in [1.29, 1.82) is 0 Å². The van der Waals surface area contributed by atoms with Gasteiger partial charge in [-0.1, -0.05) is 272 Å². The zero-order valence-corrected chi connectivity index (χ0v) is 55.7. The van der Waals surface area contributed by atoms with Crippen LogP contribution in [0.1, 0.15) is 52.7 Å². The number of para-hydroxylation sites is 3. The lowest BCUT2D eigenvalue weighted by molar-refractivity contribution is 0.483. The van der Waals surface area contributed by atoms with Gasteiger partial charge >= 0.3 is 0 Å². The van der Waals surface area contributed by atoms with Crippen molar-refractivity contribution in [3.05, 3.63) is 308 Å². The number of rotatable bonds is 5. The summed E-state index contributed by atoms with van der Waals surface area (Å²) in [5.74, 6) is 1.77. The minimum absolute atomic E-state index is 0.167. The number of benzene rings is 16. The molecule has 0 unspecified atom stereocenters. The third kappa shape index (κ3) is 8.27. The second-order valence-corrected chi connectivity index (χ2v) is 29.5. The second kappa shape index (κ2) is 21.0. The van der Waals surface area contributed by atoms with Crippen LogP contribution in [-0.4, -0.2) is 13.4 Å². The summed E-state index contributed by atoms with van der Waals surface area (Å²) in [6, 6.07) is 112. The van der Waals surface area contributed by atoms with Gasteiger partial charge in [0.25, 0.3) is 13.4 Å². The van der Waals surface area contributed by atoms with E-state index in [1.165, 1.54) is 137 Å². The lowest BCUT2D eigenvalue weighted by Gasteiger charge is -2.46. The van der Waals surface area contributed by atoms with Crippen molar-refractivity contribution in [1.82, 2.24) is 0 Å². The molecule has 0 saturated heterocycles. The molecule has 0 saturated carbocycles. The molecule has 98 heavy (non-hydrogen) atoms. The van der Waals surface area contributed by atoms with Crippen LogP contribution < -0.4 is 52.2 Å². The second-order valence-electron chi connectivity index (χ2n) is 29.5. The first kappa shape index (κ1) is 56.7. The van der Waals surface area contributed by atoms with Crippen molar-refractivity contribution in [2.24, 2.45) is 0 Å². The first-order chi connectivity index (χ1) is 47.9. The van der Waals surface area contributed by atoms with Crippen LogP contribution >= 0.6 is 0 Å². The van der Waals surface area contributed by atoms with Gasteiger partial charge in [-0.3, -0.25) is 0 Å². The van der Waals surface area contributed by atoms with E-state index in [1.807, 2.05) is 0 Å². The van der Waals surface area contributed by atoms with Crippen LogP contribution in [0, 0.1) is 0 Å². The van der Waals surface area contributed by atoms with Crippen LogP contribution in [0.25, 0.3) is 86.9 Å². The van der Waals surface area contributed by atoms with Gasteiger partial charge in [0.1, 0.15) is 11.5 Å². The fourth-order valence-corrected chi connectivity index (χ4v) is 17.4. The quantitative estimate of drug-likeness (QED) is 0.126. The Morgan fingerprint density at radius 3 is 1.11 bits per heavy atom. The van der Waals surface area contributed by atoms with Crippen LogP contribution in [0.2, 0.25) is 0 Å². The Morgan fingerprint density at radius 1 is 0.255 bits per heavy atom. The molecule has 16 aromatic rings. The van der Waals surface area contributed by atoms with Crippen molar-refractivity contribution in [2.75, 3.05) is 14.7 Å². The van der Waals surface area contributed by atoms with Gasteiger partial charge in [-0.25, -0.2) is 0 Å². The maximum atomic E-state index is 7.83. The molecule has 0 radical (unpaired) electrons. The summed E-state index contributed by atoms with van der Waals surface area (Å²) in [6.45, 7) is 13.8. The van der Waals surface area contributed by atoms with Crippen LogP contribution in [0.5, 0.6) is 11.5 Å². The predicted molar refractivity (Wildman–Crippen MR) is 420 cm³/mol. The largest absolute Gasteiger partial charge is 0.458 e. The molecule has 0 aliphatic carbocycles. The van der Waals surface area contributed by atoms with E-state index in [9.17, 15) is 0 Å². The molecule has 6 heteroatoms. The van der Waals surface area contributed by atoms with Crippen molar-refractivity contribution in [2.45, 2.75) is 52.4 Å². The molecule has 0 amide bonds. The molecule has 462 valence electrons. The van der Waals surface area contributed by atoms with E-state index in [-0.39, 0.29) is 24.3 Å². The molecule has 0 N–H and O–H groups in total. The topological polar surface area (TPSA) is 19.0 Å². The number of fused-ring (bicyclic) bond motifs is 20. The van der Waals surface area contributed by atoms with E-state index < -0.39 is 0 Å². The number of hydrogen-bond acceptors (Lipinski definition) is 4. The van der Waals surface area contributed by atoms with Crippen LogP contribution in [0.15, 0.2) is 297 Å². The van der Waals surface area contributed by atoms with Gasteiger partial charge in [0.2, 0.25) is 0 Å². The fraction of sp³-hybridized carbons (Fsp3) is 0.0870. The molecule has 16 aromatic carbocycles. The molecular weight excluding hydrogens is 1180 g/mol. The molecule has 4 heterocycles. The molecule has 4 nitrogen and oxygen atoms in total. The monoisotopic (exact) mass is 1250 g/mol. The van der Waals surface area contributed by atoms with Crippen molar-refractivity contribution in [3.8, 4) is 33.8 Å². The first-order valence-electron chi connectivity index (χ1n) is 34.6. The SMILES string of the molecule is CC(C)(C)c1cc2c3c(c1)N(c1ccc4c5ccccc5c5ccccc5c4c1)c1ccccc1B3c1cc3c(cc1O2)N(c1ccc2c4ccccc4c4ccccc4c2c1)c1cc(C(C)(C)C)cc2c1B3c1ccccc1N2c1c(-c2ccccc2)cccc1-c1ccccc1. The van der Waals surface area contributed by atoms with Gasteiger partial charge in [-0.2, -0.15) is 0 Å². The minimum Gasteiger partial charge on any atom is -0.458 e. The average molecular weight is 1250 g/mol. The number of nitrogens with zero attached hydrogens (tertiary/aromatic N) is 3. The molecular formula is C92H67B2N3O. The number of ether oxygens (including phenoxy) is 1. The summed E-state index contributed by atoms with van der Waals surface area (Å²) >= 11 is 0. The standard InChI is InChI=1S/C92H67B2N3O/c1-91(2,3)58-48-83-88-84(49-58)97(90-62(56-26-9-7-10-27-56)38-25-39-63(90)57-28-11-8-12-29-57)81-43-24-22-41-77(81)93(88)78-54-79-86(55-82(78)96(83)61-45-47-73-69-35-16-14-31-65(69)67-33-18-20-37-71(67)75(73)53-61)98-87-51-59(92(4,5)6)50-85-89(87)94(79)76-40-21-23-42-80(76)95(85)60-44-46-72-68-34-15-13-30-64(68)66-32-17-19-36-70(66)74(72)52-60/h7-55H,1-6H3. The van der Waals surface area contributed by atoms with Gasteiger partial charge in [0, 0.05) is 62.7 Å². The van der Waals surface area contributed by atoms with Gasteiger partial charge in [-0.05, 0) is 191 Å². The highest BCUT2D eigenvalue weighted by Gasteiger charge is 2.49.